The molecular weight excluding hydrogens is 652 g/mol. The summed E-state index contributed by atoms with van der Waals surface area (Å²) < 4.78 is 40.6. The minimum absolute atomic E-state index is 0.0357. The first-order chi connectivity index (χ1) is 23.8. The van der Waals surface area contributed by atoms with Crippen molar-refractivity contribution in [3.8, 4) is 23.0 Å². The van der Waals surface area contributed by atoms with Gasteiger partial charge in [-0.2, -0.15) is 0 Å². The van der Waals surface area contributed by atoms with Crippen LogP contribution in [-0.4, -0.2) is 77.6 Å². The number of ketones is 1. The van der Waals surface area contributed by atoms with Crippen LogP contribution in [0.4, 0.5) is 0 Å². The Labute approximate surface area is 290 Å². The number of hydrogen-bond donors (Lipinski definition) is 2. The van der Waals surface area contributed by atoms with E-state index in [1.54, 1.807) is 24.3 Å². The normalized spacial score (nSPS) is 26.2. The Kier molecular flexibility index (Phi) is 11.7. The van der Waals surface area contributed by atoms with Crippen LogP contribution in [-0.2, 0) is 38.1 Å². The van der Waals surface area contributed by atoms with Gasteiger partial charge >= 0.3 is 17.9 Å². The van der Waals surface area contributed by atoms with Gasteiger partial charge in [-0.3, -0.25) is 19.2 Å². The second-order valence-corrected chi connectivity index (χ2v) is 13.0. The summed E-state index contributed by atoms with van der Waals surface area (Å²) in [6, 6.07) is 8.06. The van der Waals surface area contributed by atoms with E-state index < -0.39 is 47.9 Å². The average Bonchev–Trinajstić information content (AvgIpc) is 3.03. The number of carbonyl (C=O) groups excluding carboxylic acids is 4. The van der Waals surface area contributed by atoms with Gasteiger partial charge in [0.2, 0.25) is 0 Å². The van der Waals surface area contributed by atoms with E-state index in [1.165, 1.54) is 20.8 Å². The largest absolute Gasteiger partial charge is 0.507 e. The summed E-state index contributed by atoms with van der Waals surface area (Å²) in [6.45, 7) is 10.1. The molecule has 2 aromatic carbocycles. The van der Waals surface area contributed by atoms with Crippen molar-refractivity contribution in [2.75, 3.05) is 13.2 Å². The highest BCUT2D eigenvalue weighted by Crippen LogP contribution is 2.50. The predicted octanol–water partition coefficient (Wildman–Crippen LogP) is 5.34. The molecule has 2 saturated heterocycles. The number of hydrogen-bond acceptors (Lipinski definition) is 13. The van der Waals surface area contributed by atoms with Crippen LogP contribution >= 0.6 is 0 Å². The Morgan fingerprint density at radius 2 is 1.64 bits per heavy atom. The molecule has 3 aliphatic heterocycles. The fourth-order valence-electron chi connectivity index (χ4n) is 6.67. The lowest BCUT2D eigenvalue weighted by Crippen LogP contribution is -2.40. The zero-order chi connectivity index (χ0) is 36.1. The van der Waals surface area contributed by atoms with E-state index in [0.717, 1.165) is 24.5 Å². The van der Waals surface area contributed by atoms with Crippen molar-refractivity contribution >= 4 is 23.7 Å². The van der Waals surface area contributed by atoms with Gasteiger partial charge in [0.1, 0.15) is 60.1 Å². The molecule has 0 bridgehead atoms. The molecule has 0 spiro atoms. The van der Waals surface area contributed by atoms with Gasteiger partial charge in [-0.15, -0.1) is 0 Å². The van der Waals surface area contributed by atoms with Crippen LogP contribution in [0.15, 0.2) is 42.5 Å². The third kappa shape index (κ3) is 9.13. The number of phenols is 2. The highest BCUT2D eigenvalue weighted by Gasteiger charge is 2.41. The zero-order valence-corrected chi connectivity index (χ0v) is 28.7. The summed E-state index contributed by atoms with van der Waals surface area (Å²) in [4.78, 5) is 48.3. The number of carbonyl (C=O) groups is 4. The first-order valence-electron chi connectivity index (χ1n) is 16.7. The van der Waals surface area contributed by atoms with E-state index >= 15 is 0 Å². The van der Waals surface area contributed by atoms with E-state index in [0.29, 0.717) is 17.7 Å². The predicted molar refractivity (Wildman–Crippen MR) is 176 cm³/mol. The second-order valence-electron chi connectivity index (χ2n) is 13.0. The Hall–Kier alpha value is -4.62. The van der Waals surface area contributed by atoms with Crippen LogP contribution in [0.1, 0.15) is 99.9 Å². The van der Waals surface area contributed by atoms with Crippen LogP contribution in [0.2, 0.25) is 0 Å². The lowest BCUT2D eigenvalue weighted by Gasteiger charge is -2.37. The molecule has 2 aromatic rings. The topological polar surface area (TPSA) is 173 Å². The van der Waals surface area contributed by atoms with Gasteiger partial charge in [0.15, 0.2) is 5.78 Å². The maximum Gasteiger partial charge on any atom is 0.302 e. The Bertz CT molecular complexity index is 1600. The van der Waals surface area contributed by atoms with Crippen molar-refractivity contribution in [2.45, 2.75) is 109 Å². The van der Waals surface area contributed by atoms with Gasteiger partial charge in [0.25, 0.3) is 0 Å². The molecule has 13 nitrogen and oxygen atoms in total. The van der Waals surface area contributed by atoms with Crippen LogP contribution < -0.4 is 9.47 Å². The number of esters is 3. The molecule has 0 radical (unpaired) electrons. The summed E-state index contributed by atoms with van der Waals surface area (Å²) in [6.07, 6.45) is -1.33. The van der Waals surface area contributed by atoms with Gasteiger partial charge in [-0.05, 0) is 43.0 Å². The van der Waals surface area contributed by atoms with E-state index in [4.69, 9.17) is 33.2 Å². The van der Waals surface area contributed by atoms with Crippen LogP contribution in [0.3, 0.4) is 0 Å². The number of benzene rings is 2. The highest BCUT2D eigenvalue weighted by atomic mass is 16.6. The van der Waals surface area contributed by atoms with Crippen molar-refractivity contribution in [2.24, 2.45) is 0 Å². The average molecular weight is 697 g/mol. The van der Waals surface area contributed by atoms with Gasteiger partial charge in [-0.1, -0.05) is 18.7 Å². The number of phenolic OH excluding ortho intramolecular Hbond substituents is 2. The molecule has 6 unspecified atom stereocenters. The SMILES string of the molecule is C=C(COc1ccc(C2CC(=O)c3c(O)cc(O)c(C4CC(OC(C)=O)CC(COC(C)=O)O4)c3O2)cc1)CC1O[C@@H](C)CCC1OC(C)=O. The highest BCUT2D eigenvalue weighted by molar-refractivity contribution is 6.03. The smallest absolute Gasteiger partial charge is 0.302 e. The van der Waals surface area contributed by atoms with Crippen LogP contribution in [0.25, 0.3) is 0 Å². The summed E-state index contributed by atoms with van der Waals surface area (Å²) >= 11 is 0. The van der Waals surface area contributed by atoms with E-state index in [9.17, 15) is 29.4 Å². The van der Waals surface area contributed by atoms with E-state index in [2.05, 4.69) is 6.58 Å². The maximum atomic E-state index is 13.4. The molecular formula is C37H44O13. The van der Waals surface area contributed by atoms with Gasteiger partial charge < -0.3 is 43.4 Å². The first-order valence-corrected chi connectivity index (χ1v) is 16.7. The molecule has 270 valence electrons. The van der Waals surface area contributed by atoms with Gasteiger partial charge in [-0.25, -0.2) is 0 Å². The summed E-state index contributed by atoms with van der Waals surface area (Å²) in [5.74, 6) is -2.07. The molecule has 2 N–H and O–H groups in total. The fourth-order valence-corrected chi connectivity index (χ4v) is 6.67. The van der Waals surface area contributed by atoms with Crippen molar-refractivity contribution in [3.05, 3.63) is 59.2 Å². The van der Waals surface area contributed by atoms with Crippen LogP contribution in [0.5, 0.6) is 23.0 Å². The lowest BCUT2D eigenvalue weighted by molar-refractivity contribution is -0.170. The molecule has 0 amide bonds. The van der Waals surface area contributed by atoms with Crippen molar-refractivity contribution in [3.63, 3.8) is 0 Å². The third-order valence-electron chi connectivity index (χ3n) is 8.86. The van der Waals surface area contributed by atoms with Gasteiger partial charge in [0.05, 0.1) is 36.4 Å². The van der Waals surface area contributed by atoms with E-state index in [-0.39, 0.29) is 79.4 Å². The molecule has 50 heavy (non-hydrogen) atoms. The molecule has 0 aliphatic carbocycles. The van der Waals surface area contributed by atoms with Crippen LogP contribution in [0, 0.1) is 0 Å². The lowest BCUT2D eigenvalue weighted by atomic mass is 9.89. The Morgan fingerprint density at radius 3 is 2.32 bits per heavy atom. The monoisotopic (exact) mass is 696 g/mol. The van der Waals surface area contributed by atoms with E-state index in [1.807, 2.05) is 6.92 Å². The molecule has 2 fully saturated rings. The maximum absolute atomic E-state index is 13.4. The molecule has 0 saturated carbocycles. The zero-order valence-electron chi connectivity index (χ0n) is 28.7. The second kappa shape index (κ2) is 15.9. The number of ether oxygens (including phenoxy) is 7. The minimum atomic E-state index is -0.926. The molecule has 3 aliphatic rings. The molecule has 5 rings (SSSR count). The Balaban J connectivity index is 1.29. The van der Waals surface area contributed by atoms with Crippen molar-refractivity contribution in [1.29, 1.82) is 0 Å². The molecule has 13 heteroatoms. The standard InChI is InChI=1S/C37H44O13/c1-19(12-33-31(48-23(5)40)11-6-20(2)46-33)17-45-25-9-7-24(8-10-25)32-16-30(43)35-28(41)15-29(42)36(37(35)50-32)34-14-26(47-22(4)39)13-27(49-34)18-44-21(3)38/h7-10,15,20,26-27,31-34,41-42H,1,6,11-14,16-18H2,2-5H3/t20-,26?,27?,31?,32?,33?,34?/m0/s1. The van der Waals surface area contributed by atoms with Crippen molar-refractivity contribution in [1.82, 2.24) is 0 Å². The fraction of sp³-hybridized carbons (Fsp3) is 0.514. The van der Waals surface area contributed by atoms with Crippen molar-refractivity contribution < 1.29 is 62.5 Å². The summed E-state index contributed by atoms with van der Waals surface area (Å²) in [5.41, 5.74) is 1.44. The number of rotatable bonds is 11. The number of fused-ring (bicyclic) bond motifs is 1. The number of Topliss-reactive ketones (excluding diaryl/α,β-unsaturated/α-hetero) is 1. The third-order valence-corrected chi connectivity index (χ3v) is 8.86. The number of aromatic hydroxyl groups is 2. The first kappa shape index (κ1) is 36.7. The summed E-state index contributed by atoms with van der Waals surface area (Å²) in [7, 11) is 0. The molecule has 7 atom stereocenters. The summed E-state index contributed by atoms with van der Waals surface area (Å²) in [5, 5.41) is 21.7. The minimum Gasteiger partial charge on any atom is -0.507 e. The Morgan fingerprint density at radius 1 is 0.920 bits per heavy atom. The molecule has 0 aromatic heterocycles. The molecule has 3 heterocycles. The quantitative estimate of drug-likeness (QED) is 0.175. The van der Waals surface area contributed by atoms with Gasteiger partial charge in [0, 0.05) is 46.1 Å².